The van der Waals surface area contributed by atoms with Crippen LogP contribution < -0.4 is 49.1 Å². The number of carbonyl (C=O) groups is 10. The fourth-order valence-electron chi connectivity index (χ4n) is 5.79. The van der Waals surface area contributed by atoms with Gasteiger partial charge in [0.05, 0.1) is 18.6 Å². The van der Waals surface area contributed by atoms with Gasteiger partial charge in [-0.05, 0) is 37.2 Å². The molecule has 1 rings (SSSR count). The van der Waals surface area contributed by atoms with Gasteiger partial charge in [0.15, 0.2) is 0 Å². The third-order valence-corrected chi connectivity index (χ3v) is 9.90. The zero-order chi connectivity index (χ0) is 46.6. The number of nitrogens with two attached hydrogens (primary N) is 3. The Bertz CT molecular complexity index is 1710. The molecule has 0 aromatic heterocycles. The number of amides is 8. The molecule has 0 spiro atoms. The molecular formula is C39H61N9O13. The largest absolute Gasteiger partial charge is 0.481 e. The molecule has 15 N–H and O–H groups in total. The van der Waals surface area contributed by atoms with Crippen LogP contribution in [-0.4, -0.2) is 123 Å². The average molecular weight is 864 g/mol. The van der Waals surface area contributed by atoms with E-state index in [0.29, 0.717) is 18.4 Å². The van der Waals surface area contributed by atoms with Gasteiger partial charge in [0, 0.05) is 19.3 Å². The smallest absolute Gasteiger partial charge is 0.326 e. The minimum atomic E-state index is -1.81. The molecule has 22 heteroatoms. The van der Waals surface area contributed by atoms with Crippen molar-refractivity contribution in [2.75, 3.05) is 0 Å². The standard InChI is InChI=1S/C39H61N9O13/c1-6-19(3)30(46-34(55)24(14-16-29(52)53)43-33(54)23(40)13-15-27(41)50)37(58)44-25(17-22-11-9-8-10-12-22)35(56)48-32(21(5)49)38(59)45-26(18-28(42)51)36(57)47-31(39(60)61)20(4)7-2/h8-12,19-21,23-26,30-32,49H,6-7,13-18,40H2,1-5H3,(H2,41,50)(H2,42,51)(H,43,54)(H,44,58)(H,45,59)(H,46,55)(H,47,57)(H,48,56)(H,52,53)(H,60,61)/t19-,20-,21+,23-,24-,25-,26-,30-,31-,32-/m0/s1. The molecule has 0 radical (unpaired) electrons. The summed E-state index contributed by atoms with van der Waals surface area (Å²) in [5.74, 6) is -11.6. The van der Waals surface area contributed by atoms with E-state index in [9.17, 15) is 63.3 Å². The zero-order valence-corrected chi connectivity index (χ0v) is 35.0. The van der Waals surface area contributed by atoms with Crippen molar-refractivity contribution in [1.82, 2.24) is 31.9 Å². The number of carboxylic acid groups (broad SMARTS) is 2. The molecule has 1 aromatic rings. The van der Waals surface area contributed by atoms with E-state index in [0.717, 1.165) is 6.92 Å². The maximum absolute atomic E-state index is 14.0. The van der Waals surface area contributed by atoms with Gasteiger partial charge in [-0.25, -0.2) is 4.79 Å². The summed E-state index contributed by atoms with van der Waals surface area (Å²) in [5.41, 5.74) is 16.8. The molecule has 0 aliphatic carbocycles. The van der Waals surface area contributed by atoms with E-state index in [4.69, 9.17) is 17.2 Å². The molecule has 0 aliphatic rings. The summed E-state index contributed by atoms with van der Waals surface area (Å²) in [4.78, 5) is 127. The Morgan fingerprint density at radius 1 is 0.574 bits per heavy atom. The third kappa shape index (κ3) is 18.8. The molecule has 0 saturated heterocycles. The highest BCUT2D eigenvalue weighted by Crippen LogP contribution is 2.13. The van der Waals surface area contributed by atoms with Crippen molar-refractivity contribution in [3.05, 3.63) is 35.9 Å². The maximum Gasteiger partial charge on any atom is 0.326 e. The third-order valence-electron chi connectivity index (χ3n) is 9.90. The normalized spacial score (nSPS) is 15.9. The van der Waals surface area contributed by atoms with E-state index in [2.05, 4.69) is 31.9 Å². The van der Waals surface area contributed by atoms with Crippen molar-refractivity contribution in [3.8, 4) is 0 Å². The number of aliphatic carboxylic acids is 2. The van der Waals surface area contributed by atoms with Crippen LogP contribution in [0.4, 0.5) is 0 Å². The van der Waals surface area contributed by atoms with E-state index in [1.807, 2.05) is 0 Å². The molecule has 10 atom stereocenters. The predicted molar refractivity (Wildman–Crippen MR) is 217 cm³/mol. The van der Waals surface area contributed by atoms with Crippen molar-refractivity contribution in [3.63, 3.8) is 0 Å². The van der Waals surface area contributed by atoms with Crippen molar-refractivity contribution < 1.29 is 63.3 Å². The summed E-state index contributed by atoms with van der Waals surface area (Å²) in [6.07, 6.45) is -3.33. The Morgan fingerprint density at radius 2 is 1.05 bits per heavy atom. The Labute approximate surface area is 353 Å². The summed E-state index contributed by atoms with van der Waals surface area (Å²) in [7, 11) is 0. The number of benzene rings is 1. The van der Waals surface area contributed by atoms with Crippen LogP contribution in [0.3, 0.4) is 0 Å². The monoisotopic (exact) mass is 863 g/mol. The Hall–Kier alpha value is -6.16. The lowest BCUT2D eigenvalue weighted by molar-refractivity contribution is -0.144. The van der Waals surface area contributed by atoms with Gasteiger partial charge in [0.1, 0.15) is 36.3 Å². The highest BCUT2D eigenvalue weighted by atomic mass is 16.4. The number of carbonyl (C=O) groups excluding carboxylic acids is 8. The number of aliphatic hydroxyl groups excluding tert-OH is 1. The minimum absolute atomic E-state index is 0.163. The van der Waals surface area contributed by atoms with Crippen LogP contribution in [0.1, 0.15) is 85.1 Å². The molecule has 22 nitrogen and oxygen atoms in total. The fraction of sp³-hybridized carbons (Fsp3) is 0.590. The number of hydrogen-bond acceptors (Lipinski definition) is 12. The first kappa shape index (κ1) is 52.9. The Kier molecular flexibility index (Phi) is 22.6. The molecule has 1 aromatic carbocycles. The lowest BCUT2D eigenvalue weighted by Crippen LogP contribution is -2.62. The minimum Gasteiger partial charge on any atom is -0.481 e. The van der Waals surface area contributed by atoms with E-state index in [1.165, 1.54) is 0 Å². The predicted octanol–water partition coefficient (Wildman–Crippen LogP) is -2.97. The number of nitrogens with one attached hydrogen (secondary N) is 6. The lowest BCUT2D eigenvalue weighted by Gasteiger charge is -2.30. The van der Waals surface area contributed by atoms with Crippen LogP contribution in [0.25, 0.3) is 0 Å². The van der Waals surface area contributed by atoms with Crippen molar-refractivity contribution in [2.45, 2.75) is 134 Å². The molecule has 340 valence electrons. The van der Waals surface area contributed by atoms with Crippen LogP contribution >= 0.6 is 0 Å². The second kappa shape index (κ2) is 26.1. The van der Waals surface area contributed by atoms with Gasteiger partial charge >= 0.3 is 11.9 Å². The molecule has 61 heavy (non-hydrogen) atoms. The number of primary amides is 2. The maximum atomic E-state index is 14.0. The Morgan fingerprint density at radius 3 is 1.56 bits per heavy atom. The average Bonchev–Trinajstić information content (AvgIpc) is 3.19. The highest BCUT2D eigenvalue weighted by molar-refractivity contribution is 5.98. The topological polar surface area (TPSA) is 382 Å². The van der Waals surface area contributed by atoms with E-state index in [-0.39, 0.29) is 19.3 Å². The first-order chi connectivity index (χ1) is 28.5. The van der Waals surface area contributed by atoms with Crippen molar-refractivity contribution >= 4 is 59.2 Å². The zero-order valence-electron chi connectivity index (χ0n) is 35.0. The molecule has 0 aliphatic heterocycles. The lowest BCUT2D eigenvalue weighted by atomic mass is 9.96. The quantitative estimate of drug-likeness (QED) is 0.0400. The van der Waals surface area contributed by atoms with Crippen LogP contribution in [0, 0.1) is 11.8 Å². The van der Waals surface area contributed by atoms with Gasteiger partial charge in [0.25, 0.3) is 0 Å². The van der Waals surface area contributed by atoms with Gasteiger partial charge in [0.2, 0.25) is 47.3 Å². The molecule has 0 saturated carbocycles. The first-order valence-electron chi connectivity index (χ1n) is 19.8. The van der Waals surface area contributed by atoms with E-state index in [1.54, 1.807) is 58.0 Å². The van der Waals surface area contributed by atoms with Crippen molar-refractivity contribution in [2.24, 2.45) is 29.0 Å². The number of aliphatic hydroxyl groups is 1. The van der Waals surface area contributed by atoms with E-state index < -0.39 is 139 Å². The van der Waals surface area contributed by atoms with Crippen LogP contribution in [0.2, 0.25) is 0 Å². The van der Waals surface area contributed by atoms with Crippen LogP contribution in [0.15, 0.2) is 30.3 Å². The fourth-order valence-corrected chi connectivity index (χ4v) is 5.79. The summed E-state index contributed by atoms with van der Waals surface area (Å²) in [6, 6.07) is -2.28. The molecule has 0 fully saturated rings. The number of carboxylic acids is 2. The molecule has 0 unspecified atom stereocenters. The SMILES string of the molecule is CC[C@H](C)[C@H](NC(=O)[C@H](CC(N)=O)NC(=O)[C@@H](NC(=O)[C@H](Cc1ccccc1)NC(=O)[C@@H](NC(=O)[C@H](CCC(=O)O)NC(=O)[C@@H](N)CCC(N)=O)[C@@H](C)CC)[C@@H](C)O)C(=O)O. The first-order valence-corrected chi connectivity index (χ1v) is 19.8. The highest BCUT2D eigenvalue weighted by Gasteiger charge is 2.37. The summed E-state index contributed by atoms with van der Waals surface area (Å²) in [5, 5.41) is 43.9. The van der Waals surface area contributed by atoms with Crippen LogP contribution in [0.5, 0.6) is 0 Å². The Balaban J connectivity index is 3.46. The summed E-state index contributed by atoms with van der Waals surface area (Å²) >= 11 is 0. The van der Waals surface area contributed by atoms with Gasteiger partial charge < -0.3 is 64.4 Å². The molecule has 0 bridgehead atoms. The van der Waals surface area contributed by atoms with Gasteiger partial charge in [-0.3, -0.25) is 43.2 Å². The second-order valence-electron chi connectivity index (χ2n) is 14.9. The van der Waals surface area contributed by atoms with Crippen LogP contribution in [-0.2, 0) is 54.4 Å². The van der Waals surface area contributed by atoms with Gasteiger partial charge in [-0.15, -0.1) is 0 Å². The number of rotatable bonds is 28. The van der Waals surface area contributed by atoms with Crippen molar-refractivity contribution in [1.29, 1.82) is 0 Å². The van der Waals surface area contributed by atoms with Gasteiger partial charge in [-0.2, -0.15) is 0 Å². The molecule has 0 heterocycles. The summed E-state index contributed by atoms with van der Waals surface area (Å²) < 4.78 is 0. The summed E-state index contributed by atoms with van der Waals surface area (Å²) in [6.45, 7) is 7.71. The van der Waals surface area contributed by atoms with E-state index >= 15 is 0 Å². The molecular weight excluding hydrogens is 802 g/mol. The molecule has 8 amide bonds. The second-order valence-corrected chi connectivity index (χ2v) is 14.9. The van der Waals surface area contributed by atoms with Gasteiger partial charge in [-0.1, -0.05) is 70.9 Å². The number of hydrogen-bond donors (Lipinski definition) is 12.